The first-order valence-electron chi connectivity index (χ1n) is 8.42. The Hall–Kier alpha value is -3.11. The molecule has 4 rings (SSSR count). The fourth-order valence-corrected chi connectivity index (χ4v) is 3.85. The molecule has 0 saturated carbocycles. The van der Waals surface area contributed by atoms with Crippen molar-refractivity contribution in [2.45, 2.75) is 13.1 Å². The van der Waals surface area contributed by atoms with Gasteiger partial charge in [0.05, 0.1) is 24.8 Å². The lowest BCUT2D eigenvalue weighted by Crippen LogP contribution is -2.27. The molecule has 144 valence electrons. The molecule has 3 N–H and O–H groups in total. The monoisotopic (exact) mass is 402 g/mol. The van der Waals surface area contributed by atoms with Crippen LogP contribution in [0.4, 0.5) is 8.78 Å². The first-order chi connectivity index (χ1) is 13.5. The van der Waals surface area contributed by atoms with E-state index in [0.29, 0.717) is 6.54 Å². The Kier molecular flexibility index (Phi) is 4.88. The zero-order valence-corrected chi connectivity index (χ0v) is 15.4. The van der Waals surface area contributed by atoms with Gasteiger partial charge in [-0.3, -0.25) is 9.67 Å². The topological polar surface area (TPSA) is 94.5 Å². The number of fused-ring (bicyclic) bond motifs is 1. The van der Waals surface area contributed by atoms with Crippen LogP contribution in [0.2, 0.25) is 0 Å². The summed E-state index contributed by atoms with van der Waals surface area (Å²) in [7, 11) is 0. The van der Waals surface area contributed by atoms with E-state index in [9.17, 15) is 13.6 Å². The molecule has 1 aromatic carbocycles. The second kappa shape index (κ2) is 7.49. The second-order valence-electron chi connectivity index (χ2n) is 6.21. The molecule has 0 aliphatic heterocycles. The maximum Gasteiger partial charge on any atom is 0.346 e. The molecule has 0 aliphatic rings. The second-order valence-corrected chi connectivity index (χ2v) is 7.37. The molecule has 28 heavy (non-hydrogen) atoms. The summed E-state index contributed by atoms with van der Waals surface area (Å²) in [6.07, 6.45) is 1.24. The molecule has 0 radical (unpaired) electrons. The third-order valence-corrected chi connectivity index (χ3v) is 5.48. The van der Waals surface area contributed by atoms with Gasteiger partial charge in [-0.05, 0) is 23.8 Å². The summed E-state index contributed by atoms with van der Waals surface area (Å²) in [4.78, 5) is 14.4. The molecule has 0 spiro atoms. The van der Waals surface area contributed by atoms with E-state index in [1.807, 2.05) is 30.3 Å². The molecule has 0 fully saturated rings. The standard InChI is InChI=1S/C18H16F2N6OS/c19-17(20)13(6-21)8-26-18(27)25(10-23-26)9-14-3-4-16(28-14)11-1-2-12-7-22-24-15(12)5-11/h1-5,7,10H,6,8-9,21H2,(H,22,24). The predicted molar refractivity (Wildman–Crippen MR) is 103 cm³/mol. The smallest absolute Gasteiger partial charge is 0.327 e. The van der Waals surface area contributed by atoms with Crippen molar-refractivity contribution in [2.75, 3.05) is 6.54 Å². The zero-order valence-electron chi connectivity index (χ0n) is 14.6. The Morgan fingerprint density at radius 3 is 2.89 bits per heavy atom. The van der Waals surface area contributed by atoms with Crippen LogP contribution in [0, 0.1) is 0 Å². The SMILES string of the molecule is NCC(Cn1ncn(Cc2ccc(-c3ccc4cn[nH]c4c3)s2)c1=O)=C(F)F. The summed E-state index contributed by atoms with van der Waals surface area (Å²) in [6, 6.07) is 9.96. The van der Waals surface area contributed by atoms with E-state index in [0.717, 1.165) is 30.9 Å². The van der Waals surface area contributed by atoms with E-state index >= 15 is 0 Å². The van der Waals surface area contributed by atoms with Crippen LogP contribution in [-0.4, -0.2) is 31.1 Å². The van der Waals surface area contributed by atoms with Gasteiger partial charge < -0.3 is 5.73 Å². The summed E-state index contributed by atoms with van der Waals surface area (Å²) in [5.41, 5.74) is 6.53. The molecule has 3 aromatic heterocycles. The van der Waals surface area contributed by atoms with Crippen LogP contribution >= 0.6 is 11.3 Å². The molecule has 0 aliphatic carbocycles. The van der Waals surface area contributed by atoms with Crippen LogP contribution in [0.15, 0.2) is 59.3 Å². The number of aromatic nitrogens is 5. The van der Waals surface area contributed by atoms with Gasteiger partial charge in [-0.1, -0.05) is 12.1 Å². The van der Waals surface area contributed by atoms with Crippen molar-refractivity contribution in [3.8, 4) is 10.4 Å². The van der Waals surface area contributed by atoms with Crippen LogP contribution in [0.1, 0.15) is 4.88 Å². The van der Waals surface area contributed by atoms with Crippen LogP contribution in [0.25, 0.3) is 21.3 Å². The number of benzene rings is 1. The Labute approximate surface area is 161 Å². The summed E-state index contributed by atoms with van der Waals surface area (Å²) in [5.74, 6) is 0. The highest BCUT2D eigenvalue weighted by Gasteiger charge is 2.12. The van der Waals surface area contributed by atoms with E-state index in [1.54, 1.807) is 17.5 Å². The van der Waals surface area contributed by atoms with Crippen LogP contribution < -0.4 is 11.4 Å². The van der Waals surface area contributed by atoms with E-state index < -0.39 is 11.8 Å². The average molecular weight is 402 g/mol. The quantitative estimate of drug-likeness (QED) is 0.519. The fourth-order valence-electron chi connectivity index (χ4n) is 2.85. The predicted octanol–water partition coefficient (Wildman–Crippen LogP) is 2.81. The van der Waals surface area contributed by atoms with Gasteiger partial charge in [0, 0.05) is 27.3 Å². The van der Waals surface area contributed by atoms with Crippen LogP contribution in [0.3, 0.4) is 0 Å². The number of halogens is 2. The molecular formula is C18H16F2N6OS. The minimum atomic E-state index is -1.87. The van der Waals surface area contributed by atoms with Crippen LogP contribution in [0.5, 0.6) is 0 Å². The number of H-pyrrole nitrogens is 1. The molecule has 10 heteroatoms. The highest BCUT2D eigenvalue weighted by molar-refractivity contribution is 7.15. The number of hydrogen-bond donors (Lipinski definition) is 2. The number of rotatable bonds is 6. The zero-order chi connectivity index (χ0) is 19.7. The van der Waals surface area contributed by atoms with Crippen molar-refractivity contribution < 1.29 is 8.78 Å². The molecule has 7 nitrogen and oxygen atoms in total. The third-order valence-electron chi connectivity index (χ3n) is 4.37. The largest absolute Gasteiger partial charge is 0.346 e. The van der Waals surface area contributed by atoms with E-state index in [4.69, 9.17) is 5.73 Å². The minimum absolute atomic E-state index is 0.306. The summed E-state index contributed by atoms with van der Waals surface area (Å²) in [6.45, 7) is -0.323. The Morgan fingerprint density at radius 2 is 2.11 bits per heavy atom. The van der Waals surface area contributed by atoms with Gasteiger partial charge in [0.15, 0.2) is 0 Å². The van der Waals surface area contributed by atoms with Crippen molar-refractivity contribution in [1.82, 2.24) is 24.5 Å². The van der Waals surface area contributed by atoms with E-state index in [2.05, 4.69) is 15.3 Å². The Bertz CT molecular complexity index is 1210. The maximum atomic E-state index is 12.8. The molecule has 4 aromatic rings. The number of nitrogens with two attached hydrogens (primary N) is 1. The van der Waals surface area contributed by atoms with Gasteiger partial charge in [0.1, 0.15) is 6.33 Å². The number of aromatic amines is 1. The molecule has 0 unspecified atom stereocenters. The van der Waals surface area contributed by atoms with Gasteiger partial charge >= 0.3 is 5.69 Å². The van der Waals surface area contributed by atoms with Crippen molar-refractivity contribution in [3.63, 3.8) is 0 Å². The maximum absolute atomic E-state index is 12.8. The lowest BCUT2D eigenvalue weighted by Gasteiger charge is -2.02. The molecule has 3 heterocycles. The molecule has 0 saturated heterocycles. The van der Waals surface area contributed by atoms with Crippen LogP contribution in [-0.2, 0) is 13.1 Å². The normalized spacial score (nSPS) is 11.2. The van der Waals surface area contributed by atoms with Crippen molar-refractivity contribution in [1.29, 1.82) is 0 Å². The Morgan fingerprint density at radius 1 is 1.25 bits per heavy atom. The fraction of sp³-hybridized carbons (Fsp3) is 0.167. The van der Waals surface area contributed by atoms with Gasteiger partial charge in [0.25, 0.3) is 6.08 Å². The van der Waals surface area contributed by atoms with Gasteiger partial charge in [-0.25, -0.2) is 9.48 Å². The van der Waals surface area contributed by atoms with Gasteiger partial charge in [-0.2, -0.15) is 19.0 Å². The van der Waals surface area contributed by atoms with Gasteiger partial charge in [-0.15, -0.1) is 11.3 Å². The Balaban J connectivity index is 1.54. The lowest BCUT2D eigenvalue weighted by atomic mass is 10.1. The third kappa shape index (κ3) is 3.51. The molecule has 0 bridgehead atoms. The number of nitrogens with one attached hydrogen (secondary N) is 1. The number of nitrogens with zero attached hydrogens (tertiary/aromatic N) is 4. The molecule has 0 amide bonds. The summed E-state index contributed by atoms with van der Waals surface area (Å²) < 4.78 is 27.9. The summed E-state index contributed by atoms with van der Waals surface area (Å²) in [5, 5.41) is 11.9. The number of hydrogen-bond acceptors (Lipinski definition) is 5. The first-order valence-corrected chi connectivity index (χ1v) is 9.24. The minimum Gasteiger partial charge on any atom is -0.327 e. The highest BCUT2D eigenvalue weighted by atomic mass is 32.1. The van der Waals surface area contributed by atoms with E-state index in [1.165, 1.54) is 10.9 Å². The average Bonchev–Trinajstić information content (AvgIpc) is 3.41. The van der Waals surface area contributed by atoms with Crippen molar-refractivity contribution >= 4 is 22.2 Å². The van der Waals surface area contributed by atoms with Crippen molar-refractivity contribution in [3.05, 3.63) is 69.9 Å². The molecule has 0 atom stereocenters. The van der Waals surface area contributed by atoms with Crippen molar-refractivity contribution in [2.24, 2.45) is 5.73 Å². The van der Waals surface area contributed by atoms with Gasteiger partial charge in [0.2, 0.25) is 0 Å². The lowest BCUT2D eigenvalue weighted by molar-refractivity contribution is 0.400. The summed E-state index contributed by atoms with van der Waals surface area (Å²) >= 11 is 1.55. The van der Waals surface area contributed by atoms with E-state index in [-0.39, 0.29) is 18.7 Å². The first kappa shape index (κ1) is 18.3. The number of thiophene rings is 1. The molecular weight excluding hydrogens is 386 g/mol. The highest BCUT2D eigenvalue weighted by Crippen LogP contribution is 2.30.